The Morgan fingerprint density at radius 3 is 2.48 bits per heavy atom. The lowest BCUT2D eigenvalue weighted by atomic mass is 10.2. The van der Waals surface area contributed by atoms with Crippen LogP contribution in [-0.4, -0.2) is 38.9 Å². The van der Waals surface area contributed by atoms with Gasteiger partial charge in [0.15, 0.2) is 0 Å². The molecule has 0 amide bonds. The van der Waals surface area contributed by atoms with Crippen molar-refractivity contribution >= 4 is 16.0 Å². The monoisotopic (exact) mass is 392 g/mol. The first-order valence-electron chi connectivity index (χ1n) is 8.89. The molecule has 1 fully saturated rings. The highest BCUT2D eigenvalue weighted by Crippen LogP contribution is 2.21. The molecule has 0 atom stereocenters. The topological polar surface area (TPSA) is 88.8 Å². The zero-order valence-corrected chi connectivity index (χ0v) is 16.3. The first-order valence-corrected chi connectivity index (χ1v) is 10.3. The van der Waals surface area contributed by atoms with Crippen LogP contribution in [0.15, 0.2) is 39.6 Å². The molecule has 1 aromatic heterocycles. The summed E-state index contributed by atoms with van der Waals surface area (Å²) in [6.45, 7) is 3.92. The average Bonchev–Trinajstić information content (AvgIpc) is 3.32. The van der Waals surface area contributed by atoms with Crippen molar-refractivity contribution in [3.8, 4) is 0 Å². The lowest BCUT2D eigenvalue weighted by Crippen LogP contribution is -2.27. The number of furan rings is 1. The van der Waals surface area contributed by atoms with E-state index in [-0.39, 0.29) is 0 Å². The molecule has 1 N–H and O–H groups in total. The molecule has 0 saturated carbocycles. The van der Waals surface area contributed by atoms with Crippen LogP contribution in [0.25, 0.3) is 0 Å². The van der Waals surface area contributed by atoms with Crippen LogP contribution in [0, 0.1) is 6.92 Å². The van der Waals surface area contributed by atoms with Gasteiger partial charge in [-0.1, -0.05) is 12.1 Å². The molecule has 2 heterocycles. The van der Waals surface area contributed by atoms with E-state index < -0.39 is 16.0 Å². The van der Waals surface area contributed by atoms with Gasteiger partial charge in [-0.25, -0.2) is 13.2 Å². The summed E-state index contributed by atoms with van der Waals surface area (Å²) in [5, 5.41) is 3.22. The number of esters is 1. The van der Waals surface area contributed by atoms with E-state index >= 15 is 0 Å². The van der Waals surface area contributed by atoms with Gasteiger partial charge in [0, 0.05) is 19.6 Å². The summed E-state index contributed by atoms with van der Waals surface area (Å²) in [6, 6.07) is 8.58. The highest BCUT2D eigenvalue weighted by atomic mass is 32.2. The third-order valence-electron chi connectivity index (χ3n) is 4.63. The van der Waals surface area contributed by atoms with Gasteiger partial charge in [-0.05, 0) is 43.5 Å². The molecule has 0 spiro atoms. The van der Waals surface area contributed by atoms with E-state index in [9.17, 15) is 13.2 Å². The molecule has 3 rings (SSSR count). The zero-order valence-electron chi connectivity index (χ0n) is 15.5. The standard InChI is InChI=1S/C19H24N2O5S/c1-14-18(19(22)25-2)11-16(26-14)13-20-12-15-5-7-17(8-6-15)27(23,24)21-9-3-4-10-21/h5-8,11,20H,3-4,9-10,12-13H2,1-2H3. The third kappa shape index (κ3) is 4.40. The predicted molar refractivity (Wildman–Crippen MR) is 99.8 cm³/mol. The number of carbonyl (C=O) groups excluding carboxylic acids is 1. The van der Waals surface area contributed by atoms with Crippen molar-refractivity contribution < 1.29 is 22.4 Å². The number of benzene rings is 1. The number of rotatable bonds is 7. The van der Waals surface area contributed by atoms with Crippen molar-refractivity contribution in [2.75, 3.05) is 20.2 Å². The molecule has 8 heteroatoms. The lowest BCUT2D eigenvalue weighted by Gasteiger charge is -2.15. The summed E-state index contributed by atoms with van der Waals surface area (Å²) >= 11 is 0. The van der Waals surface area contributed by atoms with E-state index in [2.05, 4.69) is 5.32 Å². The maximum Gasteiger partial charge on any atom is 0.341 e. The van der Waals surface area contributed by atoms with Gasteiger partial charge < -0.3 is 14.5 Å². The highest BCUT2D eigenvalue weighted by molar-refractivity contribution is 7.89. The second-order valence-corrected chi connectivity index (χ2v) is 8.47. The first-order chi connectivity index (χ1) is 12.9. The van der Waals surface area contributed by atoms with E-state index in [4.69, 9.17) is 9.15 Å². The van der Waals surface area contributed by atoms with Gasteiger partial charge in [-0.15, -0.1) is 0 Å². The molecule has 1 saturated heterocycles. The smallest absolute Gasteiger partial charge is 0.341 e. The molecule has 2 aromatic rings. The van der Waals surface area contributed by atoms with Gasteiger partial charge in [-0.2, -0.15) is 4.31 Å². The van der Waals surface area contributed by atoms with Crippen LogP contribution >= 0.6 is 0 Å². The Hall–Kier alpha value is -2.16. The van der Waals surface area contributed by atoms with Crippen molar-refractivity contribution in [3.05, 3.63) is 53.0 Å². The summed E-state index contributed by atoms with van der Waals surface area (Å²) < 4.78 is 36.8. The molecular weight excluding hydrogens is 368 g/mol. The van der Waals surface area contributed by atoms with Crippen molar-refractivity contribution in [1.29, 1.82) is 0 Å². The Morgan fingerprint density at radius 1 is 1.19 bits per heavy atom. The summed E-state index contributed by atoms with van der Waals surface area (Å²) in [5.74, 6) is 0.744. The van der Waals surface area contributed by atoms with E-state index in [1.54, 1.807) is 29.4 Å². The Balaban J connectivity index is 1.57. The molecular formula is C19H24N2O5S. The maximum absolute atomic E-state index is 12.5. The van der Waals surface area contributed by atoms with Crippen LogP contribution in [0.1, 0.15) is 40.3 Å². The van der Waals surface area contributed by atoms with Gasteiger partial charge in [-0.3, -0.25) is 0 Å². The van der Waals surface area contributed by atoms with Gasteiger partial charge in [0.2, 0.25) is 10.0 Å². The molecule has 1 aliphatic heterocycles. The Morgan fingerprint density at radius 2 is 1.85 bits per heavy atom. The average molecular weight is 392 g/mol. The van der Waals surface area contributed by atoms with Gasteiger partial charge in [0.1, 0.15) is 17.1 Å². The molecule has 27 heavy (non-hydrogen) atoms. The number of hydrogen-bond donors (Lipinski definition) is 1. The number of aryl methyl sites for hydroxylation is 1. The minimum atomic E-state index is -3.38. The zero-order chi connectivity index (χ0) is 19.4. The molecule has 0 radical (unpaired) electrons. The number of sulfonamides is 1. The van der Waals surface area contributed by atoms with E-state index in [0.29, 0.717) is 48.2 Å². The van der Waals surface area contributed by atoms with E-state index in [1.807, 2.05) is 12.1 Å². The molecule has 146 valence electrons. The number of nitrogens with one attached hydrogen (secondary N) is 1. The fraction of sp³-hybridized carbons (Fsp3) is 0.421. The summed E-state index contributed by atoms with van der Waals surface area (Å²) in [7, 11) is -2.04. The Bertz CT molecular complexity index is 897. The van der Waals surface area contributed by atoms with Gasteiger partial charge in [0.05, 0.1) is 18.6 Å². The molecule has 1 aromatic carbocycles. The molecule has 7 nitrogen and oxygen atoms in total. The summed E-state index contributed by atoms with van der Waals surface area (Å²) in [6.07, 6.45) is 1.84. The number of ether oxygens (including phenoxy) is 1. The number of hydrogen-bond acceptors (Lipinski definition) is 6. The van der Waals surface area contributed by atoms with Crippen molar-refractivity contribution in [2.45, 2.75) is 37.8 Å². The second-order valence-electron chi connectivity index (χ2n) is 6.53. The van der Waals surface area contributed by atoms with Gasteiger partial charge >= 0.3 is 5.97 Å². The fourth-order valence-corrected chi connectivity index (χ4v) is 4.65. The van der Waals surface area contributed by atoms with E-state index in [0.717, 1.165) is 18.4 Å². The van der Waals surface area contributed by atoms with Crippen LogP contribution in [0.3, 0.4) is 0 Å². The number of methoxy groups -OCH3 is 1. The highest BCUT2D eigenvalue weighted by Gasteiger charge is 2.26. The number of nitrogens with zero attached hydrogens (tertiary/aromatic N) is 1. The normalized spacial score (nSPS) is 15.2. The SMILES string of the molecule is COC(=O)c1cc(CNCc2ccc(S(=O)(=O)N3CCCC3)cc2)oc1C. The van der Waals surface area contributed by atoms with Gasteiger partial charge in [0.25, 0.3) is 0 Å². The molecule has 1 aliphatic rings. The minimum Gasteiger partial charge on any atom is -0.465 e. The number of carbonyl (C=O) groups is 1. The van der Waals surface area contributed by atoms with Crippen LogP contribution in [0.2, 0.25) is 0 Å². The van der Waals surface area contributed by atoms with Crippen LogP contribution in [0.5, 0.6) is 0 Å². The minimum absolute atomic E-state index is 0.331. The quantitative estimate of drug-likeness (QED) is 0.728. The summed E-state index contributed by atoms with van der Waals surface area (Å²) in [4.78, 5) is 11.9. The van der Waals surface area contributed by atoms with Crippen molar-refractivity contribution in [1.82, 2.24) is 9.62 Å². The lowest BCUT2D eigenvalue weighted by molar-refractivity contribution is 0.0599. The van der Waals surface area contributed by atoms with E-state index in [1.165, 1.54) is 7.11 Å². The fourth-order valence-electron chi connectivity index (χ4n) is 3.13. The molecule has 0 aliphatic carbocycles. The Labute approximate surface area is 159 Å². The predicted octanol–water partition coefficient (Wildman–Crippen LogP) is 2.45. The molecule has 0 bridgehead atoms. The van der Waals surface area contributed by atoms with Crippen LogP contribution in [0.4, 0.5) is 0 Å². The van der Waals surface area contributed by atoms with Crippen molar-refractivity contribution in [3.63, 3.8) is 0 Å². The maximum atomic E-state index is 12.5. The van der Waals surface area contributed by atoms with Crippen molar-refractivity contribution in [2.24, 2.45) is 0 Å². The van der Waals surface area contributed by atoms with Crippen LogP contribution < -0.4 is 5.32 Å². The summed E-state index contributed by atoms with van der Waals surface area (Å²) in [5.41, 5.74) is 1.39. The third-order valence-corrected chi connectivity index (χ3v) is 6.54. The second kappa shape index (κ2) is 8.24. The molecule has 0 unspecified atom stereocenters. The first kappa shape index (κ1) is 19.6. The van der Waals surface area contributed by atoms with Crippen LogP contribution in [-0.2, 0) is 27.8 Å². The Kier molecular flexibility index (Phi) is 5.98. The largest absolute Gasteiger partial charge is 0.465 e.